The van der Waals surface area contributed by atoms with Crippen LogP contribution in [0.3, 0.4) is 0 Å². The fourth-order valence-electron chi connectivity index (χ4n) is 3.34. The molecule has 3 atom stereocenters. The predicted molar refractivity (Wildman–Crippen MR) is 88.4 cm³/mol. The van der Waals surface area contributed by atoms with Crippen LogP contribution < -0.4 is 5.73 Å². The Morgan fingerprint density at radius 1 is 1.10 bits per heavy atom. The average Bonchev–Trinajstić information content (AvgIpc) is 2.84. The van der Waals surface area contributed by atoms with Crippen LogP contribution in [0.15, 0.2) is 48.5 Å². The summed E-state index contributed by atoms with van der Waals surface area (Å²) in [6.07, 6.45) is 0.963. The molecule has 0 aliphatic heterocycles. The molecule has 110 valence electrons. The number of halogens is 1. The lowest BCUT2D eigenvalue weighted by Crippen LogP contribution is -2.27. The molecule has 0 fully saturated rings. The maximum absolute atomic E-state index is 6.35. The summed E-state index contributed by atoms with van der Waals surface area (Å²) < 4.78 is 0. The summed E-state index contributed by atoms with van der Waals surface area (Å²) in [4.78, 5) is 2.38. The molecule has 0 spiro atoms. The highest BCUT2D eigenvalue weighted by molar-refractivity contribution is 6.31. The van der Waals surface area contributed by atoms with Crippen molar-refractivity contribution in [1.29, 1.82) is 0 Å². The van der Waals surface area contributed by atoms with E-state index in [1.807, 2.05) is 18.2 Å². The van der Waals surface area contributed by atoms with Crippen LogP contribution in [0.4, 0.5) is 0 Å². The SMILES string of the molecule is CC(c1ccccc1Cl)N(C)C1CC(N)c2ccccc21. The highest BCUT2D eigenvalue weighted by atomic mass is 35.5. The van der Waals surface area contributed by atoms with Gasteiger partial charge in [0.1, 0.15) is 0 Å². The lowest BCUT2D eigenvalue weighted by atomic mass is 10.0. The van der Waals surface area contributed by atoms with E-state index in [1.165, 1.54) is 16.7 Å². The number of rotatable bonds is 3. The molecule has 0 saturated heterocycles. The third-order valence-electron chi connectivity index (χ3n) is 4.69. The van der Waals surface area contributed by atoms with Crippen molar-refractivity contribution in [2.24, 2.45) is 5.73 Å². The van der Waals surface area contributed by atoms with E-state index in [1.54, 1.807) is 0 Å². The van der Waals surface area contributed by atoms with E-state index >= 15 is 0 Å². The Morgan fingerprint density at radius 2 is 1.71 bits per heavy atom. The summed E-state index contributed by atoms with van der Waals surface area (Å²) >= 11 is 6.35. The predicted octanol–water partition coefficient (Wildman–Crippen LogP) is 4.48. The van der Waals surface area contributed by atoms with Crippen molar-refractivity contribution in [3.05, 3.63) is 70.2 Å². The van der Waals surface area contributed by atoms with E-state index in [2.05, 4.69) is 49.2 Å². The van der Waals surface area contributed by atoms with Gasteiger partial charge in [-0.05, 0) is 43.1 Å². The molecule has 0 saturated carbocycles. The molecule has 0 aromatic heterocycles. The van der Waals surface area contributed by atoms with Crippen molar-refractivity contribution >= 4 is 11.6 Å². The highest BCUT2D eigenvalue weighted by Crippen LogP contribution is 2.43. The number of hydrogen-bond donors (Lipinski definition) is 1. The summed E-state index contributed by atoms with van der Waals surface area (Å²) in [6, 6.07) is 17.3. The standard InChI is InChI=1S/C18H21ClN2/c1-12(13-7-5-6-10-16(13)19)21(2)18-11-17(20)14-8-3-4-9-15(14)18/h3-10,12,17-18H,11,20H2,1-2H3. The zero-order chi connectivity index (χ0) is 15.0. The molecular weight excluding hydrogens is 280 g/mol. The Bertz CT molecular complexity index is 641. The van der Waals surface area contributed by atoms with Crippen LogP contribution in [-0.4, -0.2) is 11.9 Å². The minimum atomic E-state index is 0.132. The molecule has 2 aromatic carbocycles. The minimum Gasteiger partial charge on any atom is -0.324 e. The topological polar surface area (TPSA) is 29.3 Å². The van der Waals surface area contributed by atoms with Gasteiger partial charge in [-0.1, -0.05) is 54.1 Å². The van der Waals surface area contributed by atoms with Crippen molar-refractivity contribution in [2.45, 2.75) is 31.5 Å². The molecule has 0 heterocycles. The maximum atomic E-state index is 6.35. The van der Waals surface area contributed by atoms with Gasteiger partial charge in [0, 0.05) is 23.1 Å². The smallest absolute Gasteiger partial charge is 0.0453 e. The van der Waals surface area contributed by atoms with Gasteiger partial charge in [0.25, 0.3) is 0 Å². The molecule has 2 N–H and O–H groups in total. The van der Waals surface area contributed by atoms with Gasteiger partial charge in [-0.25, -0.2) is 0 Å². The average molecular weight is 301 g/mol. The van der Waals surface area contributed by atoms with Crippen LogP contribution in [0.1, 0.15) is 48.2 Å². The number of nitrogens with two attached hydrogens (primary N) is 1. The second-order valence-electron chi connectivity index (χ2n) is 5.85. The molecule has 1 aliphatic carbocycles. The molecule has 0 bridgehead atoms. The first-order valence-electron chi connectivity index (χ1n) is 7.40. The first-order valence-corrected chi connectivity index (χ1v) is 7.78. The van der Waals surface area contributed by atoms with Crippen molar-refractivity contribution in [2.75, 3.05) is 7.05 Å². The third kappa shape index (κ3) is 2.59. The largest absolute Gasteiger partial charge is 0.324 e. The number of fused-ring (bicyclic) bond motifs is 1. The lowest BCUT2D eigenvalue weighted by molar-refractivity contribution is 0.181. The molecule has 2 aromatic rings. The Kier molecular flexibility index (Phi) is 4.03. The van der Waals surface area contributed by atoms with E-state index in [4.69, 9.17) is 17.3 Å². The summed E-state index contributed by atoms with van der Waals surface area (Å²) in [5, 5.41) is 0.826. The zero-order valence-corrected chi connectivity index (χ0v) is 13.2. The zero-order valence-electron chi connectivity index (χ0n) is 12.5. The fourth-order valence-corrected chi connectivity index (χ4v) is 3.63. The Morgan fingerprint density at radius 3 is 2.43 bits per heavy atom. The summed E-state index contributed by atoms with van der Waals surface area (Å²) in [5.74, 6) is 0. The van der Waals surface area contributed by atoms with Gasteiger partial charge in [-0.2, -0.15) is 0 Å². The first-order chi connectivity index (χ1) is 10.1. The third-order valence-corrected chi connectivity index (χ3v) is 5.03. The molecule has 0 amide bonds. The van der Waals surface area contributed by atoms with Gasteiger partial charge >= 0.3 is 0 Å². The maximum Gasteiger partial charge on any atom is 0.0453 e. The second kappa shape index (κ2) is 5.80. The summed E-state index contributed by atoms with van der Waals surface area (Å²) in [7, 11) is 2.16. The van der Waals surface area contributed by atoms with Crippen LogP contribution in [0.5, 0.6) is 0 Å². The number of benzene rings is 2. The molecule has 3 rings (SSSR count). The van der Waals surface area contributed by atoms with Gasteiger partial charge in [-0.15, -0.1) is 0 Å². The molecule has 1 aliphatic rings. The Labute approximate surface area is 131 Å². The molecule has 0 radical (unpaired) electrons. The van der Waals surface area contributed by atoms with Gasteiger partial charge in [0.15, 0.2) is 0 Å². The Hall–Kier alpha value is -1.35. The fraction of sp³-hybridized carbons (Fsp3) is 0.333. The quantitative estimate of drug-likeness (QED) is 0.905. The second-order valence-corrected chi connectivity index (χ2v) is 6.26. The van der Waals surface area contributed by atoms with Gasteiger partial charge < -0.3 is 5.73 Å². The van der Waals surface area contributed by atoms with Gasteiger partial charge in [-0.3, -0.25) is 4.90 Å². The number of hydrogen-bond acceptors (Lipinski definition) is 2. The molecule has 21 heavy (non-hydrogen) atoms. The van der Waals surface area contributed by atoms with Crippen molar-refractivity contribution in [1.82, 2.24) is 4.90 Å². The monoisotopic (exact) mass is 300 g/mol. The van der Waals surface area contributed by atoms with Crippen molar-refractivity contribution in [3.63, 3.8) is 0 Å². The van der Waals surface area contributed by atoms with E-state index in [0.29, 0.717) is 6.04 Å². The molecule has 2 nitrogen and oxygen atoms in total. The normalized spacial score (nSPS) is 22.3. The van der Waals surface area contributed by atoms with Crippen LogP contribution in [0.2, 0.25) is 5.02 Å². The minimum absolute atomic E-state index is 0.132. The van der Waals surface area contributed by atoms with E-state index in [-0.39, 0.29) is 12.1 Å². The van der Waals surface area contributed by atoms with E-state index in [9.17, 15) is 0 Å². The van der Waals surface area contributed by atoms with Crippen molar-refractivity contribution < 1.29 is 0 Å². The van der Waals surface area contributed by atoms with Gasteiger partial charge in [0.2, 0.25) is 0 Å². The van der Waals surface area contributed by atoms with Crippen molar-refractivity contribution in [3.8, 4) is 0 Å². The van der Waals surface area contributed by atoms with Crippen LogP contribution in [0.25, 0.3) is 0 Å². The van der Waals surface area contributed by atoms with Gasteiger partial charge in [0.05, 0.1) is 0 Å². The lowest BCUT2D eigenvalue weighted by Gasteiger charge is -2.32. The molecular formula is C18H21ClN2. The number of nitrogens with zero attached hydrogens (tertiary/aromatic N) is 1. The van der Waals surface area contributed by atoms with Crippen LogP contribution in [-0.2, 0) is 0 Å². The Balaban J connectivity index is 1.90. The van der Waals surface area contributed by atoms with E-state index in [0.717, 1.165) is 11.4 Å². The summed E-state index contributed by atoms with van der Waals surface area (Å²) in [6.45, 7) is 2.20. The summed E-state index contributed by atoms with van der Waals surface area (Å²) in [5.41, 5.74) is 10.1. The molecule has 3 heteroatoms. The highest BCUT2D eigenvalue weighted by Gasteiger charge is 2.33. The van der Waals surface area contributed by atoms with Crippen LogP contribution in [0, 0.1) is 0 Å². The van der Waals surface area contributed by atoms with Crippen LogP contribution >= 0.6 is 11.6 Å². The van der Waals surface area contributed by atoms with E-state index < -0.39 is 0 Å². The molecule has 3 unspecified atom stereocenters. The first kappa shape index (κ1) is 14.6.